The summed E-state index contributed by atoms with van der Waals surface area (Å²) in [6.07, 6.45) is 0. The largest absolute Gasteiger partial charge is 0.495 e. The zero-order chi connectivity index (χ0) is 17.5. The fourth-order valence-electron chi connectivity index (χ4n) is 2.04. The van der Waals surface area contributed by atoms with Crippen molar-refractivity contribution in [1.29, 1.82) is 0 Å². The van der Waals surface area contributed by atoms with Crippen LogP contribution in [-0.2, 0) is 4.79 Å². The summed E-state index contributed by atoms with van der Waals surface area (Å²) in [6, 6.07) is 10.2. The first-order chi connectivity index (χ1) is 11.6. The van der Waals surface area contributed by atoms with E-state index in [1.807, 2.05) is 0 Å². The van der Waals surface area contributed by atoms with Gasteiger partial charge in [-0.1, -0.05) is 17.7 Å². The van der Waals surface area contributed by atoms with Gasteiger partial charge in [0.05, 0.1) is 26.4 Å². The summed E-state index contributed by atoms with van der Waals surface area (Å²) in [4.78, 5) is 12.1. The topological polar surface area (TPSA) is 66.0 Å². The number of carbonyl (C=O) groups is 1. The molecule has 0 heterocycles. The third kappa shape index (κ3) is 4.23. The predicted octanol–water partition coefficient (Wildman–Crippen LogP) is 3.38. The van der Waals surface area contributed by atoms with Gasteiger partial charge in [0.2, 0.25) is 5.75 Å². The van der Waals surface area contributed by atoms with E-state index < -0.39 is 0 Å². The van der Waals surface area contributed by atoms with Crippen LogP contribution in [0.3, 0.4) is 0 Å². The Bertz CT molecular complexity index is 698. The van der Waals surface area contributed by atoms with Gasteiger partial charge in [0, 0.05) is 5.69 Å². The average Bonchev–Trinajstić information content (AvgIpc) is 2.59. The highest BCUT2D eigenvalue weighted by Crippen LogP contribution is 2.36. The minimum Gasteiger partial charge on any atom is -0.495 e. The molecule has 6 nitrogen and oxygen atoms in total. The number of halogens is 1. The lowest BCUT2D eigenvalue weighted by molar-refractivity contribution is -0.118. The van der Waals surface area contributed by atoms with Gasteiger partial charge in [0.25, 0.3) is 5.91 Å². The van der Waals surface area contributed by atoms with Crippen LogP contribution in [0.2, 0.25) is 5.02 Å². The molecule has 7 heteroatoms. The summed E-state index contributed by atoms with van der Waals surface area (Å²) in [5.74, 6) is 1.52. The lowest BCUT2D eigenvalue weighted by Crippen LogP contribution is -2.20. The molecule has 0 bridgehead atoms. The Morgan fingerprint density at radius 2 is 1.62 bits per heavy atom. The summed E-state index contributed by atoms with van der Waals surface area (Å²) in [5, 5.41) is 3.10. The minimum absolute atomic E-state index is 0.208. The number of hydrogen-bond acceptors (Lipinski definition) is 5. The van der Waals surface area contributed by atoms with Gasteiger partial charge < -0.3 is 24.3 Å². The molecule has 0 aromatic heterocycles. The van der Waals surface area contributed by atoms with E-state index in [1.165, 1.54) is 21.3 Å². The predicted molar refractivity (Wildman–Crippen MR) is 91.7 cm³/mol. The lowest BCUT2D eigenvalue weighted by atomic mass is 10.3. The molecular formula is C17H18ClNO5. The van der Waals surface area contributed by atoms with E-state index in [4.69, 9.17) is 30.5 Å². The Kier molecular flexibility index (Phi) is 6.14. The molecule has 0 radical (unpaired) electrons. The molecule has 0 aliphatic carbocycles. The van der Waals surface area contributed by atoms with Crippen LogP contribution in [0.4, 0.5) is 5.69 Å². The van der Waals surface area contributed by atoms with Crippen molar-refractivity contribution in [3.05, 3.63) is 41.4 Å². The van der Waals surface area contributed by atoms with E-state index in [0.29, 0.717) is 33.7 Å². The molecule has 0 aliphatic rings. The number of anilines is 1. The molecular weight excluding hydrogens is 334 g/mol. The van der Waals surface area contributed by atoms with Crippen molar-refractivity contribution in [1.82, 2.24) is 0 Å². The number of nitrogens with one attached hydrogen (secondary N) is 1. The highest BCUT2D eigenvalue weighted by Gasteiger charge is 2.13. The molecule has 0 atom stereocenters. The zero-order valence-electron chi connectivity index (χ0n) is 13.6. The smallest absolute Gasteiger partial charge is 0.262 e. The van der Waals surface area contributed by atoms with Gasteiger partial charge in [-0.25, -0.2) is 0 Å². The third-order valence-corrected chi connectivity index (χ3v) is 3.46. The van der Waals surface area contributed by atoms with E-state index in [2.05, 4.69) is 5.32 Å². The van der Waals surface area contributed by atoms with Crippen molar-refractivity contribution in [3.63, 3.8) is 0 Å². The Morgan fingerprint density at radius 3 is 2.17 bits per heavy atom. The van der Waals surface area contributed by atoms with Crippen LogP contribution in [0.15, 0.2) is 36.4 Å². The number of benzene rings is 2. The summed E-state index contributed by atoms with van der Waals surface area (Å²) >= 11 is 6.02. The Morgan fingerprint density at radius 1 is 1.00 bits per heavy atom. The molecule has 0 saturated carbocycles. The summed E-state index contributed by atoms with van der Waals surface area (Å²) < 4.78 is 21.0. The number of hydrogen-bond donors (Lipinski definition) is 1. The van der Waals surface area contributed by atoms with Crippen LogP contribution in [0.5, 0.6) is 23.0 Å². The SMILES string of the molecule is COc1ccc(NC(=O)COc2c(OC)cccc2OC)cc1Cl. The van der Waals surface area contributed by atoms with E-state index in [1.54, 1.807) is 36.4 Å². The first kappa shape index (κ1) is 17.7. The minimum atomic E-state index is -0.343. The molecule has 2 aromatic rings. The van der Waals surface area contributed by atoms with Crippen LogP contribution in [0.25, 0.3) is 0 Å². The van der Waals surface area contributed by atoms with E-state index in [0.717, 1.165) is 0 Å². The van der Waals surface area contributed by atoms with Gasteiger partial charge >= 0.3 is 0 Å². The standard InChI is InChI=1S/C17H18ClNO5/c1-21-13-8-7-11(9-12(13)18)19-16(20)10-24-17-14(22-2)5-4-6-15(17)23-3/h4-9H,10H2,1-3H3,(H,19,20). The van der Waals surface area contributed by atoms with Crippen LogP contribution in [-0.4, -0.2) is 33.8 Å². The van der Waals surface area contributed by atoms with Crippen LogP contribution < -0.4 is 24.3 Å². The third-order valence-electron chi connectivity index (χ3n) is 3.17. The number of carbonyl (C=O) groups excluding carboxylic acids is 1. The van der Waals surface area contributed by atoms with Gasteiger partial charge in [0.15, 0.2) is 18.1 Å². The van der Waals surface area contributed by atoms with Gasteiger partial charge in [-0.2, -0.15) is 0 Å². The quantitative estimate of drug-likeness (QED) is 0.828. The van der Waals surface area contributed by atoms with Crippen molar-refractivity contribution in [3.8, 4) is 23.0 Å². The second kappa shape index (κ2) is 8.31. The number of methoxy groups -OCH3 is 3. The number of ether oxygens (including phenoxy) is 4. The van der Waals surface area contributed by atoms with Crippen molar-refractivity contribution >= 4 is 23.2 Å². The first-order valence-electron chi connectivity index (χ1n) is 7.06. The molecule has 24 heavy (non-hydrogen) atoms. The van der Waals surface area contributed by atoms with E-state index in [9.17, 15) is 4.79 Å². The highest BCUT2D eigenvalue weighted by molar-refractivity contribution is 6.32. The fourth-order valence-corrected chi connectivity index (χ4v) is 2.30. The molecule has 0 aliphatic heterocycles. The van der Waals surface area contributed by atoms with Crippen molar-refractivity contribution < 1.29 is 23.7 Å². The maximum atomic E-state index is 12.1. The molecule has 128 valence electrons. The molecule has 0 spiro atoms. The average molecular weight is 352 g/mol. The highest BCUT2D eigenvalue weighted by atomic mass is 35.5. The van der Waals surface area contributed by atoms with Gasteiger partial charge in [-0.05, 0) is 30.3 Å². The molecule has 2 rings (SSSR count). The van der Waals surface area contributed by atoms with Crippen LogP contribution >= 0.6 is 11.6 Å². The van der Waals surface area contributed by atoms with Crippen molar-refractivity contribution in [2.24, 2.45) is 0 Å². The number of amides is 1. The van der Waals surface area contributed by atoms with E-state index >= 15 is 0 Å². The molecule has 0 unspecified atom stereocenters. The molecule has 0 saturated heterocycles. The Hall–Kier alpha value is -2.60. The Labute approximate surface area is 145 Å². The zero-order valence-corrected chi connectivity index (χ0v) is 14.3. The maximum absolute atomic E-state index is 12.1. The molecule has 1 amide bonds. The van der Waals surface area contributed by atoms with Gasteiger partial charge in [0.1, 0.15) is 5.75 Å². The molecule has 2 aromatic carbocycles. The number of rotatable bonds is 7. The summed E-state index contributed by atoms with van der Waals surface area (Å²) in [5.41, 5.74) is 0.543. The lowest BCUT2D eigenvalue weighted by Gasteiger charge is -2.14. The summed E-state index contributed by atoms with van der Waals surface area (Å²) in [7, 11) is 4.55. The van der Waals surface area contributed by atoms with Crippen molar-refractivity contribution in [2.75, 3.05) is 33.3 Å². The molecule has 1 N–H and O–H groups in total. The maximum Gasteiger partial charge on any atom is 0.262 e. The monoisotopic (exact) mass is 351 g/mol. The van der Waals surface area contributed by atoms with Gasteiger partial charge in [-0.15, -0.1) is 0 Å². The van der Waals surface area contributed by atoms with Gasteiger partial charge in [-0.3, -0.25) is 4.79 Å². The second-order valence-corrected chi connectivity index (χ2v) is 5.09. The Balaban J connectivity index is 2.02. The van der Waals surface area contributed by atoms with E-state index in [-0.39, 0.29) is 12.5 Å². The van der Waals surface area contributed by atoms with Crippen molar-refractivity contribution in [2.45, 2.75) is 0 Å². The normalized spacial score (nSPS) is 10.0. The molecule has 0 fully saturated rings. The second-order valence-electron chi connectivity index (χ2n) is 4.68. The fraction of sp³-hybridized carbons (Fsp3) is 0.235. The number of para-hydroxylation sites is 1. The van der Waals surface area contributed by atoms with Crippen LogP contribution in [0.1, 0.15) is 0 Å². The summed E-state index contributed by atoms with van der Waals surface area (Å²) in [6.45, 7) is -0.208. The first-order valence-corrected chi connectivity index (χ1v) is 7.44. The van der Waals surface area contributed by atoms with Crippen LogP contribution in [0, 0.1) is 0 Å².